The summed E-state index contributed by atoms with van der Waals surface area (Å²) in [5.41, 5.74) is 1.77. The SMILES string of the molecule is CCC(=O)NC(Cc1ccccc1)C(=O)Nc1nnc(-c2ccc3c(c2)OCO3)s1. The van der Waals surface area contributed by atoms with Gasteiger partial charge in [-0.05, 0) is 23.8 Å². The molecule has 0 saturated heterocycles. The van der Waals surface area contributed by atoms with Crippen LogP contribution in [0.1, 0.15) is 18.9 Å². The minimum atomic E-state index is -0.710. The molecule has 0 radical (unpaired) electrons. The monoisotopic (exact) mass is 424 g/mol. The molecule has 1 aliphatic heterocycles. The average molecular weight is 424 g/mol. The van der Waals surface area contributed by atoms with Gasteiger partial charge < -0.3 is 14.8 Å². The van der Waals surface area contributed by atoms with Gasteiger partial charge in [0.2, 0.25) is 23.7 Å². The Morgan fingerprint density at radius 2 is 1.90 bits per heavy atom. The van der Waals surface area contributed by atoms with Crippen molar-refractivity contribution in [1.29, 1.82) is 0 Å². The van der Waals surface area contributed by atoms with Crippen LogP contribution in [0.5, 0.6) is 11.5 Å². The molecule has 2 aromatic carbocycles. The number of nitrogens with zero attached hydrogens (tertiary/aromatic N) is 2. The highest BCUT2D eigenvalue weighted by Gasteiger charge is 2.23. The van der Waals surface area contributed by atoms with Gasteiger partial charge in [0.1, 0.15) is 11.0 Å². The molecule has 1 aliphatic rings. The van der Waals surface area contributed by atoms with Gasteiger partial charge in [0.25, 0.3) is 0 Å². The molecule has 154 valence electrons. The molecule has 2 heterocycles. The number of aromatic nitrogens is 2. The van der Waals surface area contributed by atoms with E-state index in [4.69, 9.17) is 9.47 Å². The molecule has 0 fully saturated rings. The van der Waals surface area contributed by atoms with Gasteiger partial charge in [0.05, 0.1) is 0 Å². The molecule has 0 aliphatic carbocycles. The van der Waals surface area contributed by atoms with Crippen molar-refractivity contribution in [3.63, 3.8) is 0 Å². The first kappa shape index (κ1) is 19.8. The zero-order valence-corrected chi connectivity index (χ0v) is 17.1. The van der Waals surface area contributed by atoms with E-state index in [-0.39, 0.29) is 18.6 Å². The molecular formula is C21H20N4O4S. The first-order chi connectivity index (χ1) is 14.6. The van der Waals surface area contributed by atoms with Crippen LogP contribution in [0.2, 0.25) is 0 Å². The van der Waals surface area contributed by atoms with Crippen molar-refractivity contribution in [3.8, 4) is 22.1 Å². The van der Waals surface area contributed by atoms with E-state index in [1.165, 1.54) is 11.3 Å². The number of hydrogen-bond donors (Lipinski definition) is 2. The Morgan fingerprint density at radius 1 is 1.10 bits per heavy atom. The van der Waals surface area contributed by atoms with E-state index >= 15 is 0 Å². The molecule has 8 nitrogen and oxygen atoms in total. The van der Waals surface area contributed by atoms with E-state index < -0.39 is 6.04 Å². The standard InChI is InChI=1S/C21H20N4O4S/c1-2-18(26)22-15(10-13-6-4-3-5-7-13)19(27)23-21-25-24-20(30-21)14-8-9-16-17(11-14)29-12-28-16/h3-9,11,15H,2,10,12H2,1H3,(H,22,26)(H,23,25,27). The van der Waals surface area contributed by atoms with Crippen molar-refractivity contribution < 1.29 is 19.1 Å². The van der Waals surface area contributed by atoms with Crippen LogP contribution in [0.15, 0.2) is 48.5 Å². The lowest BCUT2D eigenvalue weighted by atomic mass is 10.1. The van der Waals surface area contributed by atoms with Crippen LogP contribution in [-0.2, 0) is 16.0 Å². The number of benzene rings is 2. The lowest BCUT2D eigenvalue weighted by Crippen LogP contribution is -2.45. The summed E-state index contributed by atoms with van der Waals surface area (Å²) in [6.45, 7) is 1.94. The third kappa shape index (κ3) is 4.57. The second-order valence-electron chi connectivity index (χ2n) is 6.63. The van der Waals surface area contributed by atoms with Gasteiger partial charge in [-0.1, -0.05) is 48.6 Å². The van der Waals surface area contributed by atoms with Crippen LogP contribution < -0.4 is 20.1 Å². The minimum absolute atomic E-state index is 0.190. The summed E-state index contributed by atoms with van der Waals surface area (Å²) in [6.07, 6.45) is 0.678. The zero-order chi connectivity index (χ0) is 20.9. The first-order valence-electron chi connectivity index (χ1n) is 9.50. The van der Waals surface area contributed by atoms with Gasteiger partial charge in [-0.2, -0.15) is 0 Å². The van der Waals surface area contributed by atoms with E-state index in [2.05, 4.69) is 20.8 Å². The third-order valence-electron chi connectivity index (χ3n) is 4.53. The number of ether oxygens (including phenoxy) is 2. The smallest absolute Gasteiger partial charge is 0.249 e. The van der Waals surface area contributed by atoms with Crippen molar-refractivity contribution >= 4 is 28.3 Å². The minimum Gasteiger partial charge on any atom is -0.454 e. The Labute approximate surface area is 177 Å². The predicted molar refractivity (Wildman–Crippen MR) is 112 cm³/mol. The highest BCUT2D eigenvalue weighted by atomic mass is 32.1. The topological polar surface area (TPSA) is 102 Å². The van der Waals surface area contributed by atoms with Gasteiger partial charge in [-0.3, -0.25) is 14.9 Å². The fourth-order valence-electron chi connectivity index (χ4n) is 2.97. The van der Waals surface area contributed by atoms with Crippen LogP contribution >= 0.6 is 11.3 Å². The third-order valence-corrected chi connectivity index (χ3v) is 5.42. The molecule has 3 aromatic rings. The summed E-state index contributed by atoms with van der Waals surface area (Å²) in [6, 6.07) is 14.3. The molecule has 1 aromatic heterocycles. The normalized spacial score (nSPS) is 13.0. The average Bonchev–Trinajstić information content (AvgIpc) is 3.42. The Morgan fingerprint density at radius 3 is 2.70 bits per heavy atom. The molecule has 4 rings (SSSR count). The molecular weight excluding hydrogens is 404 g/mol. The van der Waals surface area contributed by atoms with E-state index in [1.54, 1.807) is 6.92 Å². The van der Waals surface area contributed by atoms with Crippen LogP contribution in [0.25, 0.3) is 10.6 Å². The van der Waals surface area contributed by atoms with Crippen LogP contribution in [0.4, 0.5) is 5.13 Å². The lowest BCUT2D eigenvalue weighted by Gasteiger charge is -2.17. The number of anilines is 1. The van der Waals surface area contributed by atoms with Crippen molar-refractivity contribution in [2.45, 2.75) is 25.8 Å². The number of carbonyl (C=O) groups excluding carboxylic acids is 2. The number of hydrogen-bond acceptors (Lipinski definition) is 7. The maximum absolute atomic E-state index is 12.8. The number of carbonyl (C=O) groups is 2. The highest BCUT2D eigenvalue weighted by Crippen LogP contribution is 2.37. The van der Waals surface area contributed by atoms with E-state index in [0.29, 0.717) is 34.5 Å². The molecule has 0 saturated carbocycles. The van der Waals surface area contributed by atoms with Crippen LogP contribution in [0, 0.1) is 0 Å². The van der Waals surface area contributed by atoms with Crippen LogP contribution in [-0.4, -0.2) is 34.8 Å². The fraction of sp³-hybridized carbons (Fsp3) is 0.238. The van der Waals surface area contributed by atoms with Crippen molar-refractivity contribution in [2.75, 3.05) is 12.1 Å². The molecule has 1 atom stereocenters. The number of rotatable bonds is 7. The summed E-state index contributed by atoms with van der Waals surface area (Å²) < 4.78 is 10.7. The summed E-state index contributed by atoms with van der Waals surface area (Å²) in [5, 5.41) is 14.8. The number of fused-ring (bicyclic) bond motifs is 1. The zero-order valence-electron chi connectivity index (χ0n) is 16.3. The van der Waals surface area contributed by atoms with E-state index in [0.717, 1.165) is 11.1 Å². The fourth-order valence-corrected chi connectivity index (χ4v) is 3.71. The quantitative estimate of drug-likeness (QED) is 0.604. The predicted octanol–water partition coefficient (Wildman–Crippen LogP) is 3.01. The van der Waals surface area contributed by atoms with E-state index in [9.17, 15) is 9.59 Å². The van der Waals surface area contributed by atoms with Gasteiger partial charge in [-0.25, -0.2) is 0 Å². The summed E-state index contributed by atoms with van der Waals surface area (Å²) in [7, 11) is 0. The maximum atomic E-state index is 12.8. The second kappa shape index (κ2) is 8.91. The Bertz CT molecular complexity index is 1050. The molecule has 30 heavy (non-hydrogen) atoms. The van der Waals surface area contributed by atoms with Crippen LogP contribution in [0.3, 0.4) is 0 Å². The van der Waals surface area contributed by atoms with Gasteiger partial charge in [0, 0.05) is 18.4 Å². The van der Waals surface area contributed by atoms with E-state index in [1.807, 2.05) is 48.5 Å². The number of nitrogens with one attached hydrogen (secondary N) is 2. The Balaban J connectivity index is 1.47. The summed E-state index contributed by atoms with van der Waals surface area (Å²) >= 11 is 1.24. The number of amides is 2. The largest absolute Gasteiger partial charge is 0.454 e. The molecule has 0 spiro atoms. The van der Waals surface area contributed by atoms with Gasteiger partial charge >= 0.3 is 0 Å². The van der Waals surface area contributed by atoms with Gasteiger partial charge in [-0.15, -0.1) is 10.2 Å². The summed E-state index contributed by atoms with van der Waals surface area (Å²) in [5.74, 6) is 0.809. The highest BCUT2D eigenvalue weighted by molar-refractivity contribution is 7.18. The Kier molecular flexibility index (Phi) is 5.89. The lowest BCUT2D eigenvalue weighted by molar-refractivity contribution is -0.126. The molecule has 2 amide bonds. The van der Waals surface area contributed by atoms with Crippen molar-refractivity contribution in [3.05, 3.63) is 54.1 Å². The second-order valence-corrected chi connectivity index (χ2v) is 7.61. The van der Waals surface area contributed by atoms with Crippen molar-refractivity contribution in [1.82, 2.24) is 15.5 Å². The van der Waals surface area contributed by atoms with Gasteiger partial charge in [0.15, 0.2) is 11.5 Å². The molecule has 2 N–H and O–H groups in total. The Hall–Kier alpha value is -3.46. The molecule has 1 unspecified atom stereocenters. The van der Waals surface area contributed by atoms with Crippen molar-refractivity contribution in [2.24, 2.45) is 0 Å². The maximum Gasteiger partial charge on any atom is 0.249 e. The summed E-state index contributed by atoms with van der Waals surface area (Å²) in [4.78, 5) is 24.8. The molecule has 0 bridgehead atoms. The molecule has 9 heteroatoms. The first-order valence-corrected chi connectivity index (χ1v) is 10.3.